The number of aryl methyl sites for hydroxylation is 1. The van der Waals surface area contributed by atoms with Gasteiger partial charge in [-0.25, -0.2) is 4.79 Å². The van der Waals surface area contributed by atoms with E-state index in [9.17, 15) is 4.79 Å². The third-order valence-electron chi connectivity index (χ3n) is 2.13. The van der Waals surface area contributed by atoms with Gasteiger partial charge in [0.15, 0.2) is 0 Å². The molecule has 0 saturated heterocycles. The highest BCUT2D eigenvalue weighted by molar-refractivity contribution is 7.15. The molecule has 2 aromatic rings. The molecule has 0 aromatic carbocycles. The van der Waals surface area contributed by atoms with Crippen LogP contribution in [0.1, 0.15) is 18.4 Å². The number of hydrogen-bond acceptors (Lipinski definition) is 4. The fourth-order valence-electron chi connectivity index (χ4n) is 1.43. The van der Waals surface area contributed by atoms with Crippen LogP contribution < -0.4 is 5.69 Å². The third-order valence-corrected chi connectivity index (χ3v) is 3.13. The number of hydrogen-bond donors (Lipinski definition) is 0. The lowest BCUT2D eigenvalue weighted by Gasteiger charge is -1.97. The Morgan fingerprint density at radius 2 is 2.12 bits per heavy atom. The number of rotatable bonds is 4. The third kappa shape index (κ3) is 2.33. The molecule has 0 aliphatic heterocycles. The summed E-state index contributed by atoms with van der Waals surface area (Å²) < 4.78 is 3.69. The molecule has 0 spiro atoms. The van der Waals surface area contributed by atoms with Gasteiger partial charge in [0.1, 0.15) is 5.01 Å². The molecule has 0 saturated carbocycles. The summed E-state index contributed by atoms with van der Waals surface area (Å²) >= 11 is 6.96. The summed E-state index contributed by atoms with van der Waals surface area (Å²) in [4.78, 5) is 11.8. The maximum Gasteiger partial charge on any atom is 0.328 e. The largest absolute Gasteiger partial charge is 0.328 e. The van der Waals surface area contributed by atoms with Crippen LogP contribution in [0.2, 0.25) is 4.47 Å². The molecule has 16 heavy (non-hydrogen) atoms. The molecule has 0 N–H and O–H groups in total. The normalized spacial score (nSPS) is 10.9. The minimum atomic E-state index is -0.0202. The highest BCUT2D eigenvalue weighted by atomic mass is 35.5. The van der Waals surface area contributed by atoms with Crippen LogP contribution in [0.4, 0.5) is 0 Å². The van der Waals surface area contributed by atoms with Gasteiger partial charge in [-0.3, -0.25) is 9.13 Å². The second kappa shape index (κ2) is 4.80. The van der Waals surface area contributed by atoms with Crippen LogP contribution in [0.5, 0.6) is 0 Å². The molecule has 0 bridgehead atoms. The first-order valence-electron chi connectivity index (χ1n) is 4.94. The highest BCUT2D eigenvalue weighted by Gasteiger charge is 2.06. The quantitative estimate of drug-likeness (QED) is 0.837. The van der Waals surface area contributed by atoms with Gasteiger partial charge in [-0.2, -0.15) is 0 Å². The predicted octanol–water partition coefficient (Wildman–Crippen LogP) is 1.61. The molecular formula is C9H11ClN4OS. The number of nitrogens with zero attached hydrogens (tertiary/aromatic N) is 4. The Bertz CT molecular complexity index is 530. The Kier molecular flexibility index (Phi) is 3.40. The molecule has 86 valence electrons. The summed E-state index contributed by atoms with van der Waals surface area (Å²) in [6.45, 7) is 3.21. The van der Waals surface area contributed by atoms with Crippen LogP contribution in [-0.4, -0.2) is 19.3 Å². The van der Waals surface area contributed by atoms with E-state index in [-0.39, 0.29) is 5.69 Å². The maximum atomic E-state index is 11.8. The van der Waals surface area contributed by atoms with Crippen LogP contribution in [0.15, 0.2) is 17.2 Å². The van der Waals surface area contributed by atoms with Crippen molar-refractivity contribution in [2.75, 3.05) is 0 Å². The van der Waals surface area contributed by atoms with Crippen LogP contribution in [0.3, 0.4) is 0 Å². The fourth-order valence-corrected chi connectivity index (χ4v) is 2.29. The van der Waals surface area contributed by atoms with E-state index in [4.69, 9.17) is 11.6 Å². The van der Waals surface area contributed by atoms with E-state index in [1.54, 1.807) is 21.5 Å². The molecule has 7 heteroatoms. The van der Waals surface area contributed by atoms with Gasteiger partial charge in [0, 0.05) is 18.9 Å². The summed E-state index contributed by atoms with van der Waals surface area (Å²) in [5.74, 6) is 0. The topological polar surface area (TPSA) is 52.7 Å². The molecule has 0 amide bonds. The zero-order valence-electron chi connectivity index (χ0n) is 8.76. The molecule has 0 atom stereocenters. The first-order chi connectivity index (χ1) is 7.70. The maximum absolute atomic E-state index is 11.8. The molecule has 2 aromatic heterocycles. The molecular weight excluding hydrogens is 248 g/mol. The van der Waals surface area contributed by atoms with Crippen LogP contribution in [0.25, 0.3) is 0 Å². The first-order valence-corrected chi connectivity index (χ1v) is 6.13. The molecule has 0 fully saturated rings. The van der Waals surface area contributed by atoms with Crippen molar-refractivity contribution in [3.8, 4) is 0 Å². The second-order valence-corrected chi connectivity index (χ2v) is 4.99. The van der Waals surface area contributed by atoms with Gasteiger partial charge < -0.3 is 0 Å². The summed E-state index contributed by atoms with van der Waals surface area (Å²) in [5.41, 5.74) is -0.0202. The Balaban J connectivity index is 2.19. The van der Waals surface area contributed by atoms with Gasteiger partial charge >= 0.3 is 5.69 Å². The Labute approximate surface area is 101 Å². The smallest absolute Gasteiger partial charge is 0.299 e. The van der Waals surface area contributed by atoms with Gasteiger partial charge in [-0.15, -0.1) is 10.2 Å². The average molecular weight is 259 g/mol. The standard InChI is InChI=1S/C9H11ClN4OS/c1-2-3-13-4-5-14(9(13)15)6-7-11-12-8(10)16-7/h4-5H,2-3,6H2,1H3. The van der Waals surface area contributed by atoms with E-state index >= 15 is 0 Å². The molecule has 2 rings (SSSR count). The summed E-state index contributed by atoms with van der Waals surface area (Å²) in [5, 5.41) is 8.31. The number of halogens is 1. The van der Waals surface area contributed by atoms with Crippen molar-refractivity contribution in [3.05, 3.63) is 32.4 Å². The average Bonchev–Trinajstić information content (AvgIpc) is 2.80. The van der Waals surface area contributed by atoms with Crippen molar-refractivity contribution in [2.45, 2.75) is 26.4 Å². The predicted molar refractivity (Wildman–Crippen MR) is 63.0 cm³/mol. The SMILES string of the molecule is CCCn1ccn(Cc2nnc(Cl)s2)c1=O. The lowest BCUT2D eigenvalue weighted by Crippen LogP contribution is -2.24. The van der Waals surface area contributed by atoms with Gasteiger partial charge in [0.25, 0.3) is 0 Å². The molecule has 0 radical (unpaired) electrons. The minimum absolute atomic E-state index is 0.0202. The van der Waals surface area contributed by atoms with Gasteiger partial charge in [0.2, 0.25) is 4.47 Å². The van der Waals surface area contributed by atoms with Crippen molar-refractivity contribution in [2.24, 2.45) is 0 Å². The lowest BCUT2D eigenvalue weighted by molar-refractivity contribution is 0.622. The van der Waals surface area contributed by atoms with Crippen molar-refractivity contribution in [1.29, 1.82) is 0 Å². The summed E-state index contributed by atoms with van der Waals surface area (Å²) in [7, 11) is 0. The van der Waals surface area contributed by atoms with E-state index in [1.807, 2.05) is 6.92 Å². The van der Waals surface area contributed by atoms with E-state index < -0.39 is 0 Å². The molecule has 0 aliphatic carbocycles. The Morgan fingerprint density at radius 1 is 1.38 bits per heavy atom. The van der Waals surface area contributed by atoms with Crippen molar-refractivity contribution in [3.63, 3.8) is 0 Å². The first kappa shape index (κ1) is 11.3. The van der Waals surface area contributed by atoms with E-state index in [0.29, 0.717) is 11.0 Å². The Morgan fingerprint density at radius 3 is 2.75 bits per heavy atom. The van der Waals surface area contributed by atoms with E-state index in [1.165, 1.54) is 11.3 Å². The van der Waals surface area contributed by atoms with Gasteiger partial charge in [-0.1, -0.05) is 18.3 Å². The second-order valence-electron chi connectivity index (χ2n) is 3.35. The molecule has 2 heterocycles. The van der Waals surface area contributed by atoms with Crippen molar-refractivity contribution < 1.29 is 0 Å². The van der Waals surface area contributed by atoms with Crippen LogP contribution in [0, 0.1) is 0 Å². The minimum Gasteiger partial charge on any atom is -0.299 e. The van der Waals surface area contributed by atoms with Crippen molar-refractivity contribution in [1.82, 2.24) is 19.3 Å². The van der Waals surface area contributed by atoms with Crippen LogP contribution >= 0.6 is 22.9 Å². The monoisotopic (exact) mass is 258 g/mol. The lowest BCUT2D eigenvalue weighted by atomic mass is 10.5. The molecule has 5 nitrogen and oxygen atoms in total. The summed E-state index contributed by atoms with van der Waals surface area (Å²) in [6.07, 6.45) is 4.48. The van der Waals surface area contributed by atoms with Gasteiger partial charge in [0.05, 0.1) is 6.54 Å². The van der Waals surface area contributed by atoms with Crippen LogP contribution in [-0.2, 0) is 13.1 Å². The number of aromatic nitrogens is 4. The molecule has 0 aliphatic rings. The molecule has 0 unspecified atom stereocenters. The number of imidazole rings is 1. The Hall–Kier alpha value is -1.14. The van der Waals surface area contributed by atoms with E-state index in [2.05, 4.69) is 10.2 Å². The van der Waals surface area contributed by atoms with Crippen molar-refractivity contribution >= 4 is 22.9 Å². The van der Waals surface area contributed by atoms with E-state index in [0.717, 1.165) is 18.0 Å². The zero-order valence-corrected chi connectivity index (χ0v) is 10.3. The fraction of sp³-hybridized carbons (Fsp3) is 0.444. The zero-order chi connectivity index (χ0) is 11.5. The van der Waals surface area contributed by atoms with Gasteiger partial charge in [-0.05, 0) is 18.0 Å². The summed E-state index contributed by atoms with van der Waals surface area (Å²) in [6, 6.07) is 0. The highest BCUT2D eigenvalue weighted by Crippen LogP contribution is 2.15.